The lowest BCUT2D eigenvalue weighted by molar-refractivity contribution is -0.128. The van der Waals surface area contributed by atoms with E-state index in [-0.39, 0.29) is 11.5 Å². The van der Waals surface area contributed by atoms with Crippen molar-refractivity contribution in [2.24, 2.45) is 23.2 Å². The maximum Gasteiger partial charge on any atom is 0.137 e. The maximum atomic E-state index is 13.7. The van der Waals surface area contributed by atoms with Crippen LogP contribution in [0.5, 0.6) is 0 Å². The van der Waals surface area contributed by atoms with Crippen molar-refractivity contribution >= 4 is 5.78 Å². The van der Waals surface area contributed by atoms with E-state index in [1.54, 1.807) is 0 Å². The first-order chi connectivity index (χ1) is 25.4. The van der Waals surface area contributed by atoms with E-state index in [1.807, 2.05) is 69.2 Å². The van der Waals surface area contributed by atoms with Gasteiger partial charge in [0.25, 0.3) is 0 Å². The Kier molecular flexibility index (Phi) is 33.8. The molecule has 0 saturated heterocycles. The molecule has 2 heteroatoms. The highest BCUT2D eigenvalue weighted by Crippen LogP contribution is 2.48. The van der Waals surface area contributed by atoms with Crippen molar-refractivity contribution in [3.05, 3.63) is 58.7 Å². The topological polar surface area (TPSA) is 26.3 Å². The fourth-order valence-electron chi connectivity index (χ4n) is 7.84. The second-order valence-corrected chi connectivity index (χ2v) is 15.4. The van der Waals surface area contributed by atoms with E-state index in [9.17, 15) is 4.79 Å². The molecule has 310 valence electrons. The van der Waals surface area contributed by atoms with E-state index < -0.39 is 0 Å². The highest BCUT2D eigenvalue weighted by atomic mass is 16.5. The standard InChI is InChI=1S/C37H54O2.C4H10.5C2H6/c1-8-12-32(13-9-2)39-34-16-11-19-37(6,7)36(34)27(5)23-31(38)24-29-14-10-15-33(35(29)28-17-18-28)30-21-25(3)20-26(4)22-30;1-4(2)3;5*1-2/h10,14-15,20-22,27-28,32,34,36H,8-9,11-13,16-19,23-24H2,1-7H3;4H,1-3H3;5*1-2H3/t27-,34-,36+;;;;;;/m0....../s1. The van der Waals surface area contributed by atoms with Crippen molar-refractivity contribution in [1.82, 2.24) is 0 Å². The van der Waals surface area contributed by atoms with Crippen LogP contribution in [0.25, 0.3) is 11.1 Å². The van der Waals surface area contributed by atoms with Crippen molar-refractivity contribution in [2.75, 3.05) is 0 Å². The molecule has 2 nitrogen and oxygen atoms in total. The molecular formula is C51H94O2. The van der Waals surface area contributed by atoms with Gasteiger partial charge in [0, 0.05) is 12.8 Å². The van der Waals surface area contributed by atoms with E-state index in [0.717, 1.165) is 25.2 Å². The molecule has 2 aromatic rings. The van der Waals surface area contributed by atoms with E-state index in [4.69, 9.17) is 4.74 Å². The van der Waals surface area contributed by atoms with E-state index in [2.05, 4.69) is 106 Å². The van der Waals surface area contributed by atoms with Crippen molar-refractivity contribution in [3.63, 3.8) is 0 Å². The zero-order chi connectivity index (χ0) is 41.7. The van der Waals surface area contributed by atoms with Gasteiger partial charge in [-0.15, -0.1) is 0 Å². The first-order valence-electron chi connectivity index (χ1n) is 22.7. The summed E-state index contributed by atoms with van der Waals surface area (Å²) in [6.45, 7) is 42.6. The summed E-state index contributed by atoms with van der Waals surface area (Å²) >= 11 is 0. The van der Waals surface area contributed by atoms with Gasteiger partial charge in [-0.25, -0.2) is 0 Å². The van der Waals surface area contributed by atoms with E-state index >= 15 is 0 Å². The molecule has 0 unspecified atom stereocenters. The smallest absolute Gasteiger partial charge is 0.137 e. The van der Waals surface area contributed by atoms with Gasteiger partial charge in [-0.3, -0.25) is 4.79 Å². The van der Waals surface area contributed by atoms with Gasteiger partial charge < -0.3 is 4.74 Å². The van der Waals surface area contributed by atoms with Crippen LogP contribution >= 0.6 is 0 Å². The van der Waals surface area contributed by atoms with Gasteiger partial charge in [0.05, 0.1) is 12.2 Å². The zero-order valence-corrected chi connectivity index (χ0v) is 39.5. The first-order valence-corrected chi connectivity index (χ1v) is 22.7. The molecule has 0 aromatic heterocycles. The Balaban J connectivity index is -0.00000158. The Morgan fingerprint density at radius 1 is 0.774 bits per heavy atom. The van der Waals surface area contributed by atoms with Crippen molar-refractivity contribution in [2.45, 2.75) is 227 Å². The number of carbonyl (C=O) groups is 1. The summed E-state index contributed by atoms with van der Waals surface area (Å²) in [4.78, 5) is 13.7. The number of hydrogen-bond acceptors (Lipinski definition) is 2. The third-order valence-corrected chi connectivity index (χ3v) is 9.47. The van der Waals surface area contributed by atoms with Gasteiger partial charge in [-0.05, 0) is 104 Å². The maximum absolute atomic E-state index is 13.7. The van der Waals surface area contributed by atoms with Crippen LogP contribution in [-0.4, -0.2) is 18.0 Å². The van der Waals surface area contributed by atoms with E-state index in [0.29, 0.717) is 42.5 Å². The second kappa shape index (κ2) is 32.3. The summed E-state index contributed by atoms with van der Waals surface area (Å²) in [5, 5.41) is 0. The van der Waals surface area contributed by atoms with Gasteiger partial charge in [-0.1, -0.05) is 191 Å². The average Bonchev–Trinajstić information content (AvgIpc) is 3.97. The highest BCUT2D eigenvalue weighted by molar-refractivity contribution is 5.83. The fraction of sp³-hybridized carbons (Fsp3) is 0.745. The zero-order valence-electron chi connectivity index (χ0n) is 39.5. The molecule has 4 rings (SSSR count). The number of rotatable bonds is 13. The lowest BCUT2D eigenvalue weighted by Crippen LogP contribution is -2.45. The minimum atomic E-state index is 0.202. The second-order valence-electron chi connectivity index (χ2n) is 15.4. The van der Waals surface area contributed by atoms with Crippen LogP contribution in [0.15, 0.2) is 36.4 Å². The predicted molar refractivity (Wildman–Crippen MR) is 243 cm³/mol. The Morgan fingerprint density at radius 2 is 1.26 bits per heavy atom. The van der Waals surface area contributed by atoms with Crippen LogP contribution in [0.4, 0.5) is 0 Å². The molecular weight excluding hydrogens is 645 g/mol. The summed E-state index contributed by atoms with van der Waals surface area (Å²) in [7, 11) is 0. The number of aryl methyl sites for hydroxylation is 2. The molecule has 0 bridgehead atoms. The van der Waals surface area contributed by atoms with E-state index in [1.165, 1.54) is 71.9 Å². The number of ether oxygens (including phenoxy) is 1. The molecule has 2 aliphatic carbocycles. The summed E-state index contributed by atoms with van der Waals surface area (Å²) in [6.07, 6.45) is 12.6. The lowest BCUT2D eigenvalue weighted by atomic mass is 9.62. The van der Waals surface area contributed by atoms with Crippen LogP contribution in [0, 0.1) is 37.0 Å². The van der Waals surface area contributed by atoms with Crippen LogP contribution in [0.2, 0.25) is 0 Å². The molecule has 3 atom stereocenters. The predicted octanol–water partition coefficient (Wildman–Crippen LogP) is 17.0. The van der Waals surface area contributed by atoms with Gasteiger partial charge in [-0.2, -0.15) is 0 Å². The fourth-order valence-corrected chi connectivity index (χ4v) is 7.84. The molecule has 53 heavy (non-hydrogen) atoms. The average molecular weight is 739 g/mol. The summed E-state index contributed by atoms with van der Waals surface area (Å²) in [5.41, 5.74) is 8.13. The largest absolute Gasteiger partial charge is 0.375 e. The number of carbonyl (C=O) groups excluding carboxylic acids is 1. The quantitative estimate of drug-likeness (QED) is 0.205. The van der Waals surface area contributed by atoms with Gasteiger partial charge in [0.2, 0.25) is 0 Å². The SMILES string of the molecule is CC.CC.CC.CC.CC.CC(C)C.CCCC(CCC)O[C@H]1CCCC(C)(C)[C@@H]1[C@@H](C)CC(=O)Cc1cccc(-c2cc(C)cc(C)c2)c1C1CC1. The molecule has 0 aliphatic heterocycles. The highest BCUT2D eigenvalue weighted by Gasteiger charge is 2.43. The molecule has 2 fully saturated rings. The van der Waals surface area contributed by atoms with Crippen LogP contribution in [0.3, 0.4) is 0 Å². The summed E-state index contributed by atoms with van der Waals surface area (Å²) < 4.78 is 6.87. The molecule has 2 saturated carbocycles. The van der Waals surface area contributed by atoms with Crippen LogP contribution in [0.1, 0.15) is 217 Å². The molecule has 0 spiro atoms. The Bertz CT molecular complexity index is 1130. The summed E-state index contributed by atoms with van der Waals surface area (Å²) in [5.74, 6) is 2.58. The monoisotopic (exact) mass is 739 g/mol. The Morgan fingerprint density at radius 3 is 1.72 bits per heavy atom. The normalized spacial score (nSPS) is 17.2. The molecule has 2 aliphatic rings. The number of Topliss-reactive ketones (excluding diaryl/α,β-unsaturated/α-hetero) is 1. The minimum Gasteiger partial charge on any atom is -0.375 e. The lowest BCUT2D eigenvalue weighted by Gasteiger charge is -2.48. The molecule has 0 radical (unpaired) electrons. The molecule has 2 aromatic carbocycles. The van der Waals surface area contributed by atoms with Crippen LogP contribution in [-0.2, 0) is 16.0 Å². The first kappa shape index (κ1) is 55.4. The third-order valence-electron chi connectivity index (χ3n) is 9.47. The van der Waals surface area contributed by atoms with Gasteiger partial charge >= 0.3 is 0 Å². The number of hydrogen-bond donors (Lipinski definition) is 0. The number of ketones is 1. The van der Waals surface area contributed by atoms with Crippen molar-refractivity contribution < 1.29 is 9.53 Å². The number of benzene rings is 2. The Hall–Kier alpha value is -1.93. The van der Waals surface area contributed by atoms with Crippen molar-refractivity contribution in [3.8, 4) is 11.1 Å². The van der Waals surface area contributed by atoms with Gasteiger partial charge in [0.1, 0.15) is 5.78 Å². The summed E-state index contributed by atoms with van der Waals surface area (Å²) in [6, 6.07) is 13.5. The Labute approximate surface area is 334 Å². The van der Waals surface area contributed by atoms with Gasteiger partial charge in [0.15, 0.2) is 0 Å². The third kappa shape index (κ3) is 21.1. The van der Waals surface area contributed by atoms with Crippen molar-refractivity contribution in [1.29, 1.82) is 0 Å². The minimum absolute atomic E-state index is 0.202. The van der Waals surface area contributed by atoms with Crippen LogP contribution < -0.4 is 0 Å². The molecule has 0 amide bonds. The molecule has 0 heterocycles. The molecule has 0 N–H and O–H groups in total.